The molecule has 138 valence electrons. The number of methoxy groups -OCH3 is 1. The molecule has 0 saturated carbocycles. The van der Waals surface area contributed by atoms with E-state index < -0.39 is 11.1 Å². The van der Waals surface area contributed by atoms with Gasteiger partial charge in [0, 0.05) is 13.1 Å². The van der Waals surface area contributed by atoms with Crippen molar-refractivity contribution in [1.29, 1.82) is 0 Å². The van der Waals surface area contributed by atoms with E-state index in [4.69, 9.17) is 27.9 Å². The topological polar surface area (TPSA) is 66.9 Å². The highest BCUT2D eigenvalue weighted by molar-refractivity contribution is 8.18. The van der Waals surface area contributed by atoms with Crippen molar-refractivity contribution >= 4 is 58.1 Å². The third-order valence-electron chi connectivity index (χ3n) is 4.15. The van der Waals surface area contributed by atoms with Gasteiger partial charge in [-0.1, -0.05) is 23.2 Å². The first-order valence-electron chi connectivity index (χ1n) is 7.97. The molecule has 1 aromatic carbocycles. The number of hydrogen-bond donors (Lipinski definition) is 0. The lowest BCUT2D eigenvalue weighted by atomic mass is 10.2. The van der Waals surface area contributed by atoms with E-state index >= 15 is 0 Å². The summed E-state index contributed by atoms with van der Waals surface area (Å²) in [5.41, 5.74) is 0.567. The summed E-state index contributed by atoms with van der Waals surface area (Å²) in [6, 6.07) is 3.19. The van der Waals surface area contributed by atoms with Gasteiger partial charge in [-0.15, -0.1) is 0 Å². The number of carbonyl (C=O) groups is 3. The lowest BCUT2D eigenvalue weighted by Gasteiger charge is -2.18. The molecule has 0 aromatic heterocycles. The third kappa shape index (κ3) is 3.84. The number of ether oxygens (including phenoxy) is 1. The molecule has 3 amide bonds. The molecule has 0 aliphatic carbocycles. The van der Waals surface area contributed by atoms with Crippen molar-refractivity contribution in [3.8, 4) is 5.75 Å². The maximum Gasteiger partial charge on any atom is 0.294 e. The van der Waals surface area contributed by atoms with Gasteiger partial charge in [0.15, 0.2) is 5.75 Å². The molecule has 26 heavy (non-hydrogen) atoms. The molecule has 0 atom stereocenters. The number of halogens is 2. The molecule has 6 nitrogen and oxygen atoms in total. The molecule has 1 aromatic rings. The van der Waals surface area contributed by atoms with Crippen molar-refractivity contribution in [1.82, 2.24) is 9.80 Å². The Morgan fingerprint density at radius 2 is 1.85 bits per heavy atom. The zero-order chi connectivity index (χ0) is 18.8. The van der Waals surface area contributed by atoms with Crippen molar-refractivity contribution in [2.45, 2.75) is 12.8 Å². The van der Waals surface area contributed by atoms with E-state index in [-0.39, 0.29) is 17.4 Å². The van der Waals surface area contributed by atoms with Gasteiger partial charge >= 0.3 is 0 Å². The highest BCUT2D eigenvalue weighted by Gasteiger charge is 2.37. The molecular formula is C17H16Cl2N2O4S. The Bertz CT molecular complexity index is 783. The number of benzene rings is 1. The van der Waals surface area contributed by atoms with E-state index in [0.29, 0.717) is 34.4 Å². The summed E-state index contributed by atoms with van der Waals surface area (Å²) in [5.74, 6) is -0.355. The Morgan fingerprint density at radius 1 is 1.23 bits per heavy atom. The van der Waals surface area contributed by atoms with E-state index in [2.05, 4.69) is 0 Å². The molecule has 2 aliphatic rings. The van der Waals surface area contributed by atoms with E-state index in [0.717, 1.165) is 29.5 Å². The maximum atomic E-state index is 12.5. The quantitative estimate of drug-likeness (QED) is 0.703. The van der Waals surface area contributed by atoms with Crippen LogP contribution >= 0.6 is 35.0 Å². The van der Waals surface area contributed by atoms with Crippen molar-refractivity contribution in [3.63, 3.8) is 0 Å². The number of likely N-dealkylation sites (tertiary alicyclic amines) is 1. The summed E-state index contributed by atoms with van der Waals surface area (Å²) in [5, 5.41) is 0.142. The molecule has 0 radical (unpaired) electrons. The molecular weight excluding hydrogens is 399 g/mol. The molecule has 2 aliphatic heterocycles. The second-order valence-electron chi connectivity index (χ2n) is 5.87. The molecule has 2 saturated heterocycles. The van der Waals surface area contributed by atoms with Crippen LogP contribution in [-0.4, -0.2) is 53.6 Å². The molecule has 9 heteroatoms. The van der Waals surface area contributed by atoms with Crippen molar-refractivity contribution in [2.24, 2.45) is 0 Å². The summed E-state index contributed by atoms with van der Waals surface area (Å²) in [7, 11) is 1.45. The van der Waals surface area contributed by atoms with Crippen LogP contribution in [0.5, 0.6) is 5.75 Å². The minimum atomic E-state index is -0.490. The average molecular weight is 415 g/mol. The first-order chi connectivity index (χ1) is 12.4. The summed E-state index contributed by atoms with van der Waals surface area (Å²) in [6.07, 6.45) is 3.43. The maximum absolute atomic E-state index is 12.5. The van der Waals surface area contributed by atoms with E-state index in [1.165, 1.54) is 13.2 Å². The fraction of sp³-hybridized carbons (Fsp3) is 0.353. The van der Waals surface area contributed by atoms with Gasteiger partial charge in [0.25, 0.3) is 11.1 Å². The largest absolute Gasteiger partial charge is 0.494 e. The monoisotopic (exact) mass is 414 g/mol. The normalized spacial score (nSPS) is 19.0. The molecule has 3 rings (SSSR count). The zero-order valence-corrected chi connectivity index (χ0v) is 16.3. The van der Waals surface area contributed by atoms with Crippen LogP contribution in [0.15, 0.2) is 17.0 Å². The van der Waals surface area contributed by atoms with Crippen LogP contribution < -0.4 is 4.74 Å². The molecule has 0 N–H and O–H groups in total. The second kappa shape index (κ2) is 7.90. The number of thioether (sulfide) groups is 1. The molecule has 2 fully saturated rings. The van der Waals surface area contributed by atoms with Crippen molar-refractivity contribution in [2.75, 3.05) is 26.7 Å². The minimum absolute atomic E-state index is 0.207. The van der Waals surface area contributed by atoms with Gasteiger partial charge < -0.3 is 9.64 Å². The van der Waals surface area contributed by atoms with Crippen LogP contribution in [0.3, 0.4) is 0 Å². The Hall–Kier alpha value is -1.70. The lowest BCUT2D eigenvalue weighted by Crippen LogP contribution is -2.40. The van der Waals surface area contributed by atoms with Gasteiger partial charge in [-0.25, -0.2) is 0 Å². The van der Waals surface area contributed by atoms with Crippen LogP contribution in [0.1, 0.15) is 18.4 Å². The first kappa shape index (κ1) is 19.1. The predicted molar refractivity (Wildman–Crippen MR) is 102 cm³/mol. The highest BCUT2D eigenvalue weighted by atomic mass is 35.5. The van der Waals surface area contributed by atoms with Gasteiger partial charge in [0.1, 0.15) is 6.54 Å². The second-order valence-corrected chi connectivity index (χ2v) is 7.68. The molecule has 0 spiro atoms. The van der Waals surface area contributed by atoms with Crippen LogP contribution in [-0.2, 0) is 9.59 Å². The fourth-order valence-corrected chi connectivity index (χ4v) is 4.34. The Morgan fingerprint density at radius 3 is 2.42 bits per heavy atom. The van der Waals surface area contributed by atoms with Crippen LogP contribution in [0.2, 0.25) is 10.0 Å². The molecule has 0 unspecified atom stereocenters. The Kier molecular flexibility index (Phi) is 5.79. The van der Waals surface area contributed by atoms with Gasteiger partial charge in [0.2, 0.25) is 5.91 Å². The lowest BCUT2D eigenvalue weighted by molar-refractivity contribution is -0.135. The summed E-state index contributed by atoms with van der Waals surface area (Å²) >= 11 is 13.0. The fourth-order valence-electron chi connectivity index (χ4n) is 2.85. The summed E-state index contributed by atoms with van der Waals surface area (Å²) < 4.78 is 5.09. The van der Waals surface area contributed by atoms with E-state index in [1.807, 2.05) is 0 Å². The third-order valence-corrected chi connectivity index (χ3v) is 5.62. The summed E-state index contributed by atoms with van der Waals surface area (Å²) in [4.78, 5) is 39.8. The number of rotatable bonds is 4. The van der Waals surface area contributed by atoms with Gasteiger partial charge in [-0.3, -0.25) is 19.3 Å². The summed E-state index contributed by atoms with van der Waals surface area (Å²) in [6.45, 7) is 1.12. The number of amides is 3. The standard InChI is InChI=1S/C17H16Cl2N2O4S/c1-25-15-11(18)6-10(7-12(15)19)8-13-16(23)21(17(24)26-13)9-14(22)20-4-2-3-5-20/h6-8H,2-5,9H2,1H3/b13-8+. The van der Waals surface area contributed by atoms with E-state index in [9.17, 15) is 14.4 Å². The predicted octanol–water partition coefficient (Wildman–Crippen LogP) is 3.66. The van der Waals surface area contributed by atoms with Crippen molar-refractivity contribution in [3.05, 3.63) is 32.6 Å². The number of hydrogen-bond acceptors (Lipinski definition) is 5. The van der Waals surface area contributed by atoms with Gasteiger partial charge in [-0.05, 0) is 48.4 Å². The van der Waals surface area contributed by atoms with Crippen LogP contribution in [0, 0.1) is 0 Å². The van der Waals surface area contributed by atoms with Gasteiger partial charge in [-0.2, -0.15) is 0 Å². The molecule has 0 bridgehead atoms. The van der Waals surface area contributed by atoms with Gasteiger partial charge in [0.05, 0.1) is 22.1 Å². The smallest absolute Gasteiger partial charge is 0.294 e. The van der Waals surface area contributed by atoms with E-state index in [1.54, 1.807) is 17.0 Å². The number of nitrogens with zero attached hydrogens (tertiary/aromatic N) is 2. The Labute approximate surface area is 165 Å². The Balaban J connectivity index is 1.78. The zero-order valence-electron chi connectivity index (χ0n) is 14.0. The average Bonchev–Trinajstić information content (AvgIpc) is 3.20. The number of carbonyl (C=O) groups excluding carboxylic acids is 3. The number of imide groups is 1. The highest BCUT2D eigenvalue weighted by Crippen LogP contribution is 2.37. The first-order valence-corrected chi connectivity index (χ1v) is 9.54. The SMILES string of the molecule is COc1c(Cl)cc(/C=C2/SC(=O)N(CC(=O)N3CCCC3)C2=O)cc1Cl. The molecule has 2 heterocycles. The van der Waals surface area contributed by atoms with Crippen LogP contribution in [0.25, 0.3) is 6.08 Å². The van der Waals surface area contributed by atoms with Crippen molar-refractivity contribution < 1.29 is 19.1 Å². The van der Waals surface area contributed by atoms with Crippen LogP contribution in [0.4, 0.5) is 4.79 Å². The minimum Gasteiger partial charge on any atom is -0.494 e.